The first kappa shape index (κ1) is 24.7. The highest BCUT2D eigenvalue weighted by molar-refractivity contribution is 7.27. The average molecular weight is 519 g/mol. The van der Waals surface area contributed by atoms with Gasteiger partial charge >= 0.3 is 0 Å². The Kier molecular flexibility index (Phi) is 6.80. The molecule has 0 fully saturated rings. The van der Waals surface area contributed by atoms with Gasteiger partial charge in [-0.1, -0.05) is 42.5 Å². The van der Waals surface area contributed by atoms with Crippen molar-refractivity contribution in [3.05, 3.63) is 101 Å². The number of rotatable bonds is 7. The Morgan fingerprint density at radius 3 is 2.43 bits per heavy atom. The summed E-state index contributed by atoms with van der Waals surface area (Å²) in [6.45, 7) is 4.92. The lowest BCUT2D eigenvalue weighted by molar-refractivity contribution is 0.102. The Balaban J connectivity index is 1.65. The molecule has 5 rings (SSSR count). The summed E-state index contributed by atoms with van der Waals surface area (Å²) in [6.07, 6.45) is 3.16. The largest absolute Gasteiger partial charge is 0.326 e. The molecule has 1 N–H and O–H groups in total. The van der Waals surface area contributed by atoms with Gasteiger partial charge in [-0.2, -0.15) is 14.5 Å². The second-order valence-corrected chi connectivity index (χ2v) is 9.13. The second kappa shape index (κ2) is 10.2. The zero-order valence-corrected chi connectivity index (χ0v) is 21.5. The summed E-state index contributed by atoms with van der Waals surface area (Å²) in [5.41, 5.74) is 2.14. The van der Waals surface area contributed by atoms with Crippen LogP contribution in [0.4, 0.5) is 14.5 Å². The van der Waals surface area contributed by atoms with E-state index in [0.29, 0.717) is 35.7 Å². The molecular weight excluding hydrogens is 493 g/mol. The summed E-state index contributed by atoms with van der Waals surface area (Å²) in [7, 11) is 2.69. The first-order valence-electron chi connectivity index (χ1n) is 11.9. The monoisotopic (exact) mass is 518 g/mol. The number of pyridine rings is 1. The molecule has 2 unspecified atom stereocenters. The van der Waals surface area contributed by atoms with E-state index in [9.17, 15) is 4.79 Å². The van der Waals surface area contributed by atoms with Gasteiger partial charge in [0, 0.05) is 24.8 Å². The van der Waals surface area contributed by atoms with Crippen LogP contribution in [0.25, 0.3) is 11.2 Å². The van der Waals surface area contributed by atoms with Gasteiger partial charge in [0.25, 0.3) is 5.91 Å². The molecular formula is C27H25F2N6OP. The predicted molar refractivity (Wildman–Crippen MR) is 142 cm³/mol. The maximum atomic E-state index is 15.1. The molecule has 0 aliphatic heterocycles. The summed E-state index contributed by atoms with van der Waals surface area (Å²) in [4.78, 5) is 21.6. The van der Waals surface area contributed by atoms with E-state index in [2.05, 4.69) is 29.6 Å². The lowest BCUT2D eigenvalue weighted by atomic mass is 9.90. The molecule has 2 atom stereocenters. The maximum Gasteiger partial charge on any atom is 0.260 e. The fourth-order valence-corrected chi connectivity index (χ4v) is 4.86. The number of fused-ring (bicyclic) bond motifs is 1. The molecule has 0 aliphatic carbocycles. The highest BCUT2D eigenvalue weighted by Crippen LogP contribution is 2.35. The fourth-order valence-electron chi connectivity index (χ4n) is 4.48. The van der Waals surface area contributed by atoms with E-state index in [0.717, 1.165) is 10.9 Å². The van der Waals surface area contributed by atoms with Crippen molar-refractivity contribution in [2.24, 2.45) is 0 Å². The van der Waals surface area contributed by atoms with Crippen molar-refractivity contribution in [2.45, 2.75) is 32.9 Å². The van der Waals surface area contributed by atoms with E-state index in [1.807, 2.05) is 42.7 Å². The Labute approximate surface area is 214 Å². The van der Waals surface area contributed by atoms with Crippen molar-refractivity contribution < 1.29 is 13.6 Å². The number of amides is 1. The Morgan fingerprint density at radius 1 is 1.03 bits per heavy atom. The normalized spacial score (nSPS) is 12.1. The zero-order valence-electron chi connectivity index (χ0n) is 20.3. The van der Waals surface area contributed by atoms with Crippen LogP contribution in [-0.4, -0.2) is 30.2 Å². The van der Waals surface area contributed by atoms with Crippen LogP contribution >= 0.6 is 9.24 Å². The number of hydrogen-bond acceptors (Lipinski definition) is 4. The summed E-state index contributed by atoms with van der Waals surface area (Å²) in [6, 6.07) is 15.6. The number of hydrogen-bond donors (Lipinski definition) is 1. The minimum Gasteiger partial charge on any atom is -0.326 e. The molecule has 0 saturated carbocycles. The Hall–Kier alpha value is -3.97. The van der Waals surface area contributed by atoms with Crippen LogP contribution in [0.3, 0.4) is 0 Å². The van der Waals surface area contributed by atoms with Crippen molar-refractivity contribution in [1.82, 2.24) is 24.3 Å². The quantitative estimate of drug-likeness (QED) is 0.246. The predicted octanol–water partition coefficient (Wildman–Crippen LogP) is 4.88. The highest BCUT2D eigenvalue weighted by Gasteiger charge is 2.28. The van der Waals surface area contributed by atoms with Gasteiger partial charge in [-0.05, 0) is 36.8 Å². The summed E-state index contributed by atoms with van der Waals surface area (Å²) >= 11 is 0. The van der Waals surface area contributed by atoms with Gasteiger partial charge in [0.05, 0.1) is 28.9 Å². The Bertz CT molecular complexity index is 1570. The molecule has 5 aromatic rings. The number of nitrogens with zero attached hydrogens (tertiary/aromatic N) is 5. The van der Waals surface area contributed by atoms with Crippen molar-refractivity contribution in [3.63, 3.8) is 0 Å². The van der Waals surface area contributed by atoms with Gasteiger partial charge in [0.1, 0.15) is 11.6 Å². The van der Waals surface area contributed by atoms with Crippen LogP contribution in [0.5, 0.6) is 0 Å². The van der Waals surface area contributed by atoms with Gasteiger partial charge in [0.2, 0.25) is 5.95 Å². The van der Waals surface area contributed by atoms with E-state index < -0.39 is 17.8 Å². The van der Waals surface area contributed by atoms with Crippen LogP contribution < -0.4 is 10.6 Å². The minimum atomic E-state index is -0.936. The number of nitrogens with one attached hydrogen (secondary N) is 1. The molecule has 0 bridgehead atoms. The number of halogens is 2. The molecule has 0 saturated heterocycles. The molecule has 0 spiro atoms. The van der Waals surface area contributed by atoms with Crippen molar-refractivity contribution in [3.8, 4) is 0 Å². The van der Waals surface area contributed by atoms with Crippen LogP contribution in [0.15, 0.2) is 67.0 Å². The first-order chi connectivity index (χ1) is 17.9. The molecule has 3 aromatic heterocycles. The third-order valence-electron chi connectivity index (χ3n) is 6.28. The fraction of sp³-hybridized carbons (Fsp3) is 0.185. The van der Waals surface area contributed by atoms with Crippen LogP contribution in [0.2, 0.25) is 0 Å². The number of anilines is 1. The van der Waals surface area contributed by atoms with Gasteiger partial charge in [-0.15, -0.1) is 9.24 Å². The lowest BCUT2D eigenvalue weighted by Crippen LogP contribution is -2.17. The molecule has 7 nitrogen and oxygen atoms in total. The summed E-state index contributed by atoms with van der Waals surface area (Å²) in [5, 5.41) is 7.68. The number of aromatic nitrogens is 5. The molecule has 10 heteroatoms. The topological polar surface area (TPSA) is 77.6 Å². The summed E-state index contributed by atoms with van der Waals surface area (Å²) in [5.74, 6) is -2.03. The van der Waals surface area contributed by atoms with Crippen LogP contribution in [-0.2, 0) is 13.1 Å². The van der Waals surface area contributed by atoms with E-state index in [1.165, 1.54) is 18.3 Å². The van der Waals surface area contributed by atoms with Crippen molar-refractivity contribution >= 4 is 37.3 Å². The maximum absolute atomic E-state index is 15.1. The molecule has 2 aromatic carbocycles. The highest BCUT2D eigenvalue weighted by atomic mass is 31.0. The van der Waals surface area contributed by atoms with E-state index in [4.69, 9.17) is 0 Å². The summed E-state index contributed by atoms with van der Waals surface area (Å²) < 4.78 is 33.7. The third kappa shape index (κ3) is 4.62. The molecule has 37 heavy (non-hydrogen) atoms. The van der Waals surface area contributed by atoms with E-state index in [1.54, 1.807) is 29.1 Å². The number of aryl methyl sites for hydroxylation is 2. The van der Waals surface area contributed by atoms with Crippen molar-refractivity contribution in [2.75, 3.05) is 5.32 Å². The van der Waals surface area contributed by atoms with Gasteiger partial charge in [-0.3, -0.25) is 9.48 Å². The standard InChI is InChI=1S/C27H25F2N6OP/c1-3-34-15-16(14-30-34)31-27(36)19-13-21-25(32-24(19)29)33-26(35(21)4-2)23(17-9-5-7-11-20(17)28)18-10-6-8-12-22(18)37/h5-15,23H,3-4,37H2,1-2H3,(H,31,36). The van der Waals surface area contributed by atoms with Gasteiger partial charge in [-0.25, -0.2) is 9.37 Å². The number of imidazole rings is 1. The smallest absolute Gasteiger partial charge is 0.260 e. The SMILES string of the molecule is CCn1cc(NC(=O)c2cc3c(nc2F)nc(C(c2ccccc2F)c2ccccc2P)n3CC)cn1. The average Bonchev–Trinajstić information content (AvgIpc) is 3.49. The Morgan fingerprint density at radius 2 is 1.76 bits per heavy atom. The lowest BCUT2D eigenvalue weighted by Gasteiger charge is -2.21. The zero-order chi connectivity index (χ0) is 26.1. The third-order valence-corrected chi connectivity index (χ3v) is 6.81. The van der Waals surface area contributed by atoms with Crippen LogP contribution in [0, 0.1) is 11.8 Å². The van der Waals surface area contributed by atoms with Gasteiger partial charge in [0.15, 0.2) is 5.65 Å². The molecule has 1 amide bonds. The molecule has 3 heterocycles. The number of carbonyl (C=O) groups is 1. The second-order valence-electron chi connectivity index (χ2n) is 8.51. The van der Waals surface area contributed by atoms with Crippen LogP contribution in [0.1, 0.15) is 47.1 Å². The number of carbonyl (C=O) groups excluding carboxylic acids is 1. The molecule has 188 valence electrons. The molecule has 0 radical (unpaired) electrons. The van der Waals surface area contributed by atoms with E-state index >= 15 is 8.78 Å². The molecule has 0 aliphatic rings. The van der Waals surface area contributed by atoms with E-state index in [-0.39, 0.29) is 17.0 Å². The van der Waals surface area contributed by atoms with Gasteiger partial charge < -0.3 is 9.88 Å². The minimum absolute atomic E-state index is 0.146. The number of benzene rings is 2. The first-order valence-corrected chi connectivity index (χ1v) is 12.5. The van der Waals surface area contributed by atoms with Crippen molar-refractivity contribution in [1.29, 1.82) is 0 Å².